The summed E-state index contributed by atoms with van der Waals surface area (Å²) in [7, 11) is 2.10. The predicted molar refractivity (Wildman–Crippen MR) is 69.2 cm³/mol. The van der Waals surface area contributed by atoms with Crippen LogP contribution in [0, 0.1) is 0 Å². The maximum absolute atomic E-state index is 4.09. The molecule has 0 aliphatic rings. The molecular weight excluding hydrogens is 184 g/mol. The number of rotatable bonds is 8. The standard InChI is InChI=1S/C13H24N2/c1-6-10-15(5)12(3)8-9-13(7-2)11-14-4/h11H,3-4,6-10H2,1-2,5H3. The van der Waals surface area contributed by atoms with Crippen LogP contribution in [0.15, 0.2) is 29.0 Å². The van der Waals surface area contributed by atoms with Crippen molar-refractivity contribution >= 4 is 6.72 Å². The molecule has 0 atom stereocenters. The van der Waals surface area contributed by atoms with Crippen molar-refractivity contribution in [3.63, 3.8) is 0 Å². The monoisotopic (exact) mass is 208 g/mol. The van der Waals surface area contributed by atoms with Crippen molar-refractivity contribution in [2.45, 2.75) is 39.5 Å². The van der Waals surface area contributed by atoms with Crippen molar-refractivity contribution in [2.24, 2.45) is 4.99 Å². The van der Waals surface area contributed by atoms with Crippen molar-refractivity contribution in [2.75, 3.05) is 13.6 Å². The minimum Gasteiger partial charge on any atom is -0.378 e. The molecule has 86 valence electrons. The first-order valence-electron chi connectivity index (χ1n) is 5.68. The Hall–Kier alpha value is -1.05. The van der Waals surface area contributed by atoms with Gasteiger partial charge in [0.15, 0.2) is 0 Å². The maximum atomic E-state index is 4.09. The lowest BCUT2D eigenvalue weighted by molar-refractivity contribution is 0.402. The topological polar surface area (TPSA) is 15.6 Å². The van der Waals surface area contributed by atoms with Crippen LogP contribution in [-0.4, -0.2) is 25.2 Å². The summed E-state index contributed by atoms with van der Waals surface area (Å²) in [5.74, 6) is 0. The van der Waals surface area contributed by atoms with Crippen molar-refractivity contribution in [3.8, 4) is 0 Å². The summed E-state index contributed by atoms with van der Waals surface area (Å²) in [6.07, 6.45) is 6.14. The second-order valence-corrected chi connectivity index (χ2v) is 3.81. The Labute approximate surface area is 94.4 Å². The molecule has 0 saturated carbocycles. The summed E-state index contributed by atoms with van der Waals surface area (Å²) in [6, 6.07) is 0. The molecule has 0 bridgehead atoms. The first kappa shape index (κ1) is 13.9. The van der Waals surface area contributed by atoms with E-state index < -0.39 is 0 Å². The Balaban J connectivity index is 3.98. The molecule has 0 fully saturated rings. The van der Waals surface area contributed by atoms with Crippen molar-refractivity contribution < 1.29 is 0 Å². The fourth-order valence-electron chi connectivity index (χ4n) is 1.45. The van der Waals surface area contributed by atoms with Gasteiger partial charge in [-0.05, 0) is 32.4 Å². The van der Waals surface area contributed by atoms with Gasteiger partial charge in [-0.1, -0.05) is 26.0 Å². The smallest absolute Gasteiger partial charge is 0.0252 e. The number of hydrogen-bond donors (Lipinski definition) is 0. The molecule has 0 aromatic heterocycles. The molecule has 0 N–H and O–H groups in total. The molecule has 0 aliphatic carbocycles. The van der Waals surface area contributed by atoms with Crippen molar-refractivity contribution in [1.29, 1.82) is 0 Å². The summed E-state index contributed by atoms with van der Waals surface area (Å²) in [6.45, 7) is 13.0. The van der Waals surface area contributed by atoms with Gasteiger partial charge in [-0.25, -0.2) is 0 Å². The summed E-state index contributed by atoms with van der Waals surface area (Å²) in [5, 5.41) is 0. The molecule has 0 spiro atoms. The molecule has 2 heteroatoms. The highest BCUT2D eigenvalue weighted by atomic mass is 15.1. The largest absolute Gasteiger partial charge is 0.378 e. The SMILES string of the molecule is C=NC=C(CC)CCC(=C)N(C)CCC. The molecule has 0 unspecified atom stereocenters. The molecule has 0 rings (SSSR count). The number of hydrogen-bond acceptors (Lipinski definition) is 2. The molecule has 2 nitrogen and oxygen atoms in total. The molecule has 0 aliphatic heterocycles. The van der Waals surface area contributed by atoms with Crippen molar-refractivity contribution in [1.82, 2.24) is 4.90 Å². The highest BCUT2D eigenvalue weighted by Gasteiger charge is 2.02. The molecule has 0 aromatic carbocycles. The lowest BCUT2D eigenvalue weighted by atomic mass is 10.1. The van der Waals surface area contributed by atoms with E-state index in [1.807, 2.05) is 6.20 Å². The fraction of sp³-hybridized carbons (Fsp3) is 0.615. The molecule has 0 saturated heterocycles. The van der Waals surface area contributed by atoms with Gasteiger partial charge in [-0.2, -0.15) is 0 Å². The van der Waals surface area contributed by atoms with Gasteiger partial charge in [0.1, 0.15) is 0 Å². The molecular formula is C13H24N2. The Morgan fingerprint density at radius 1 is 1.33 bits per heavy atom. The lowest BCUT2D eigenvalue weighted by Gasteiger charge is -2.21. The number of allylic oxidation sites excluding steroid dienone is 2. The normalized spacial score (nSPS) is 11.3. The van der Waals surface area contributed by atoms with Gasteiger partial charge in [0.25, 0.3) is 0 Å². The zero-order valence-corrected chi connectivity index (χ0v) is 10.4. The van der Waals surface area contributed by atoms with E-state index in [0.717, 1.165) is 25.8 Å². The van der Waals surface area contributed by atoms with Gasteiger partial charge >= 0.3 is 0 Å². The van der Waals surface area contributed by atoms with Gasteiger partial charge in [-0.3, -0.25) is 4.99 Å². The average Bonchev–Trinajstić information content (AvgIpc) is 2.24. The third-order valence-corrected chi connectivity index (χ3v) is 2.56. The third-order valence-electron chi connectivity index (χ3n) is 2.56. The Kier molecular flexibility index (Phi) is 7.69. The summed E-state index contributed by atoms with van der Waals surface area (Å²) in [5.41, 5.74) is 2.55. The van der Waals surface area contributed by atoms with Crippen LogP contribution in [0.3, 0.4) is 0 Å². The fourth-order valence-corrected chi connectivity index (χ4v) is 1.45. The van der Waals surface area contributed by atoms with Gasteiger partial charge in [0.2, 0.25) is 0 Å². The third kappa shape index (κ3) is 6.10. The first-order chi connectivity index (χ1) is 7.15. The van der Waals surface area contributed by atoms with E-state index in [1.165, 1.54) is 17.7 Å². The van der Waals surface area contributed by atoms with E-state index in [9.17, 15) is 0 Å². The Morgan fingerprint density at radius 3 is 2.47 bits per heavy atom. The number of nitrogens with zero attached hydrogens (tertiary/aromatic N) is 2. The van der Waals surface area contributed by atoms with Crippen LogP contribution in [0.4, 0.5) is 0 Å². The van der Waals surface area contributed by atoms with E-state index >= 15 is 0 Å². The molecule has 0 heterocycles. The van der Waals surface area contributed by atoms with Crippen LogP contribution in [0.1, 0.15) is 39.5 Å². The Bertz CT molecular complexity index is 229. The average molecular weight is 208 g/mol. The van der Waals surface area contributed by atoms with Gasteiger partial charge < -0.3 is 4.90 Å². The van der Waals surface area contributed by atoms with Crippen LogP contribution in [-0.2, 0) is 0 Å². The van der Waals surface area contributed by atoms with Crippen LogP contribution in [0.25, 0.3) is 0 Å². The predicted octanol–water partition coefficient (Wildman–Crippen LogP) is 3.62. The van der Waals surface area contributed by atoms with Crippen LogP contribution in [0.2, 0.25) is 0 Å². The second-order valence-electron chi connectivity index (χ2n) is 3.81. The van der Waals surface area contributed by atoms with Crippen LogP contribution >= 0.6 is 0 Å². The molecule has 0 aromatic rings. The quantitative estimate of drug-likeness (QED) is 0.556. The van der Waals surface area contributed by atoms with Crippen LogP contribution < -0.4 is 0 Å². The molecule has 0 radical (unpaired) electrons. The minimum atomic E-state index is 1.02. The Morgan fingerprint density at radius 2 is 2.00 bits per heavy atom. The molecule has 15 heavy (non-hydrogen) atoms. The second kappa shape index (κ2) is 8.27. The van der Waals surface area contributed by atoms with E-state index in [2.05, 4.69) is 44.1 Å². The summed E-state index contributed by atoms with van der Waals surface area (Å²) < 4.78 is 0. The minimum absolute atomic E-state index is 1.02. The summed E-state index contributed by atoms with van der Waals surface area (Å²) >= 11 is 0. The number of aliphatic imine (C=N–C) groups is 1. The first-order valence-corrected chi connectivity index (χ1v) is 5.68. The van der Waals surface area contributed by atoms with Gasteiger partial charge in [0, 0.05) is 25.5 Å². The summed E-state index contributed by atoms with van der Waals surface area (Å²) in [4.78, 5) is 6.04. The van der Waals surface area contributed by atoms with Gasteiger partial charge in [0.05, 0.1) is 0 Å². The highest BCUT2D eigenvalue weighted by molar-refractivity contribution is 5.26. The lowest BCUT2D eigenvalue weighted by Crippen LogP contribution is -2.17. The zero-order chi connectivity index (χ0) is 11.7. The maximum Gasteiger partial charge on any atom is 0.0252 e. The molecule has 0 amide bonds. The van der Waals surface area contributed by atoms with E-state index in [4.69, 9.17) is 0 Å². The zero-order valence-electron chi connectivity index (χ0n) is 10.4. The van der Waals surface area contributed by atoms with E-state index in [0.29, 0.717) is 0 Å². The van der Waals surface area contributed by atoms with Gasteiger partial charge in [-0.15, -0.1) is 0 Å². The van der Waals surface area contributed by atoms with Crippen LogP contribution in [0.5, 0.6) is 0 Å². The highest BCUT2D eigenvalue weighted by Crippen LogP contribution is 2.15. The van der Waals surface area contributed by atoms with Crippen molar-refractivity contribution in [3.05, 3.63) is 24.0 Å². The van der Waals surface area contributed by atoms with E-state index in [1.54, 1.807) is 0 Å². The van der Waals surface area contributed by atoms with E-state index in [-0.39, 0.29) is 0 Å².